The first kappa shape index (κ1) is 15.8. The van der Waals surface area contributed by atoms with Gasteiger partial charge in [-0.1, -0.05) is 26.0 Å². The second kappa shape index (κ2) is 7.46. The van der Waals surface area contributed by atoms with Crippen LogP contribution in [0.4, 0.5) is 0 Å². The summed E-state index contributed by atoms with van der Waals surface area (Å²) in [7, 11) is 1.69. The van der Waals surface area contributed by atoms with E-state index in [2.05, 4.69) is 36.2 Å². The van der Waals surface area contributed by atoms with E-state index >= 15 is 0 Å². The zero-order chi connectivity index (χ0) is 15.2. The summed E-state index contributed by atoms with van der Waals surface area (Å²) in [5.74, 6) is 1.49. The van der Waals surface area contributed by atoms with Gasteiger partial charge >= 0.3 is 0 Å². The van der Waals surface area contributed by atoms with Crippen LogP contribution < -0.4 is 10.1 Å². The molecule has 1 fully saturated rings. The van der Waals surface area contributed by atoms with E-state index in [4.69, 9.17) is 4.74 Å². The summed E-state index contributed by atoms with van der Waals surface area (Å²) in [5.41, 5.74) is 1.24. The van der Waals surface area contributed by atoms with E-state index in [0.29, 0.717) is 18.5 Å². The highest BCUT2D eigenvalue weighted by molar-refractivity contribution is 5.78. The van der Waals surface area contributed by atoms with Gasteiger partial charge < -0.3 is 10.1 Å². The Balaban J connectivity index is 1.98. The molecule has 1 aliphatic heterocycles. The Morgan fingerprint density at radius 2 is 2.29 bits per heavy atom. The summed E-state index contributed by atoms with van der Waals surface area (Å²) in [4.78, 5) is 14.3. The maximum absolute atomic E-state index is 12.0. The van der Waals surface area contributed by atoms with Crippen LogP contribution in [0.25, 0.3) is 0 Å². The van der Waals surface area contributed by atoms with Crippen LogP contribution in [-0.2, 0) is 4.79 Å². The summed E-state index contributed by atoms with van der Waals surface area (Å²) >= 11 is 0. The first-order valence-corrected chi connectivity index (χ1v) is 7.75. The first-order valence-electron chi connectivity index (χ1n) is 7.75. The Morgan fingerprint density at radius 3 is 3.00 bits per heavy atom. The van der Waals surface area contributed by atoms with Crippen molar-refractivity contribution < 1.29 is 9.53 Å². The number of benzene rings is 1. The third kappa shape index (κ3) is 4.46. The number of likely N-dealkylation sites (tertiary alicyclic amines) is 1. The molecule has 0 aliphatic carbocycles. The maximum Gasteiger partial charge on any atom is 0.234 e. The van der Waals surface area contributed by atoms with Gasteiger partial charge in [-0.2, -0.15) is 0 Å². The van der Waals surface area contributed by atoms with Gasteiger partial charge in [0, 0.05) is 12.6 Å². The minimum Gasteiger partial charge on any atom is -0.497 e. The van der Waals surface area contributed by atoms with Gasteiger partial charge in [0.25, 0.3) is 0 Å². The molecule has 1 aromatic carbocycles. The lowest BCUT2D eigenvalue weighted by atomic mass is 10.0. The molecule has 1 heterocycles. The van der Waals surface area contributed by atoms with Gasteiger partial charge in [0.2, 0.25) is 5.91 Å². The van der Waals surface area contributed by atoms with Crippen molar-refractivity contribution in [3.63, 3.8) is 0 Å². The summed E-state index contributed by atoms with van der Waals surface area (Å²) in [6.45, 7) is 6.42. The Hall–Kier alpha value is -1.55. The summed E-state index contributed by atoms with van der Waals surface area (Å²) < 4.78 is 5.30. The van der Waals surface area contributed by atoms with Crippen molar-refractivity contribution >= 4 is 5.91 Å². The van der Waals surface area contributed by atoms with Gasteiger partial charge in [-0.15, -0.1) is 0 Å². The number of amides is 1. The van der Waals surface area contributed by atoms with E-state index in [1.54, 1.807) is 7.11 Å². The van der Waals surface area contributed by atoms with Gasteiger partial charge in [0.15, 0.2) is 0 Å². The van der Waals surface area contributed by atoms with Crippen LogP contribution >= 0.6 is 0 Å². The number of ether oxygens (including phenoxy) is 1. The van der Waals surface area contributed by atoms with Crippen LogP contribution in [0.2, 0.25) is 0 Å². The molecule has 0 spiro atoms. The van der Waals surface area contributed by atoms with Crippen molar-refractivity contribution in [3.05, 3.63) is 29.8 Å². The zero-order valence-electron chi connectivity index (χ0n) is 13.3. The lowest BCUT2D eigenvalue weighted by Gasteiger charge is -2.24. The van der Waals surface area contributed by atoms with Crippen LogP contribution in [0, 0.1) is 5.92 Å². The molecular weight excluding hydrogens is 264 g/mol. The minimum absolute atomic E-state index is 0.124. The predicted octanol–water partition coefficient (Wildman–Crippen LogP) is 2.60. The van der Waals surface area contributed by atoms with Crippen molar-refractivity contribution in [2.24, 2.45) is 5.92 Å². The van der Waals surface area contributed by atoms with E-state index in [9.17, 15) is 4.79 Å². The minimum atomic E-state index is 0.124. The number of rotatable bonds is 6. The number of nitrogens with zero attached hydrogens (tertiary/aromatic N) is 1. The fourth-order valence-corrected chi connectivity index (χ4v) is 2.80. The van der Waals surface area contributed by atoms with Crippen LogP contribution in [0.5, 0.6) is 5.75 Å². The van der Waals surface area contributed by atoms with E-state index in [1.165, 1.54) is 5.56 Å². The molecule has 0 aromatic heterocycles. The number of methoxy groups -OCH3 is 1. The quantitative estimate of drug-likeness (QED) is 0.875. The monoisotopic (exact) mass is 290 g/mol. The van der Waals surface area contributed by atoms with Crippen LogP contribution in [0.3, 0.4) is 0 Å². The van der Waals surface area contributed by atoms with Crippen molar-refractivity contribution in [1.29, 1.82) is 0 Å². The van der Waals surface area contributed by atoms with E-state index in [1.807, 2.05) is 12.1 Å². The molecule has 1 unspecified atom stereocenters. The lowest BCUT2D eigenvalue weighted by Crippen LogP contribution is -2.38. The lowest BCUT2D eigenvalue weighted by molar-refractivity contribution is -0.122. The molecule has 0 bridgehead atoms. The highest BCUT2D eigenvalue weighted by Crippen LogP contribution is 2.32. The molecule has 1 aliphatic rings. The molecular formula is C17H26N2O2. The average molecular weight is 290 g/mol. The summed E-state index contributed by atoms with van der Waals surface area (Å²) in [6.07, 6.45) is 2.24. The third-order valence-electron chi connectivity index (χ3n) is 3.90. The maximum atomic E-state index is 12.0. The van der Waals surface area contributed by atoms with Gasteiger partial charge in [-0.05, 0) is 43.0 Å². The van der Waals surface area contributed by atoms with Crippen LogP contribution in [0.1, 0.15) is 38.3 Å². The second-order valence-electron chi connectivity index (χ2n) is 6.10. The second-order valence-corrected chi connectivity index (χ2v) is 6.10. The van der Waals surface area contributed by atoms with Crippen LogP contribution in [-0.4, -0.2) is 37.6 Å². The average Bonchev–Trinajstić information content (AvgIpc) is 2.93. The third-order valence-corrected chi connectivity index (χ3v) is 3.90. The Bertz CT molecular complexity index is 474. The van der Waals surface area contributed by atoms with Gasteiger partial charge in [-0.3, -0.25) is 9.69 Å². The Morgan fingerprint density at radius 1 is 1.48 bits per heavy atom. The number of nitrogens with one attached hydrogen (secondary N) is 1. The Labute approximate surface area is 127 Å². The largest absolute Gasteiger partial charge is 0.497 e. The molecule has 0 radical (unpaired) electrons. The summed E-state index contributed by atoms with van der Waals surface area (Å²) in [5, 5.41) is 3.00. The number of hydrogen-bond donors (Lipinski definition) is 1. The number of hydrogen-bond acceptors (Lipinski definition) is 3. The summed E-state index contributed by atoms with van der Waals surface area (Å²) in [6, 6.07) is 8.50. The topological polar surface area (TPSA) is 41.6 Å². The molecule has 1 saturated heterocycles. The Kier molecular flexibility index (Phi) is 5.62. The zero-order valence-corrected chi connectivity index (χ0v) is 13.3. The highest BCUT2D eigenvalue weighted by atomic mass is 16.5. The molecule has 0 saturated carbocycles. The molecule has 1 atom stereocenters. The van der Waals surface area contributed by atoms with Crippen molar-refractivity contribution in [2.45, 2.75) is 32.7 Å². The fourth-order valence-electron chi connectivity index (χ4n) is 2.80. The normalized spacial score (nSPS) is 19.0. The van der Waals surface area contributed by atoms with Crippen LogP contribution in [0.15, 0.2) is 24.3 Å². The molecule has 1 amide bonds. The molecule has 2 rings (SSSR count). The molecule has 116 valence electrons. The molecule has 21 heavy (non-hydrogen) atoms. The van der Waals surface area contributed by atoms with Crippen molar-refractivity contribution in [1.82, 2.24) is 10.2 Å². The van der Waals surface area contributed by atoms with Gasteiger partial charge in [0.05, 0.1) is 13.7 Å². The fraction of sp³-hybridized carbons (Fsp3) is 0.588. The number of carbonyl (C=O) groups is 1. The SMILES string of the molecule is COc1cccc(C2CCCN2CC(=O)NCC(C)C)c1. The van der Waals surface area contributed by atoms with E-state index in [0.717, 1.165) is 31.7 Å². The van der Waals surface area contributed by atoms with E-state index in [-0.39, 0.29) is 5.91 Å². The van der Waals surface area contributed by atoms with E-state index < -0.39 is 0 Å². The van der Waals surface area contributed by atoms with Gasteiger partial charge in [0.1, 0.15) is 5.75 Å². The molecule has 1 aromatic rings. The number of carbonyl (C=O) groups excluding carboxylic acids is 1. The standard InChI is InChI=1S/C17H26N2O2/c1-13(2)11-18-17(20)12-19-9-5-8-16(19)14-6-4-7-15(10-14)21-3/h4,6-7,10,13,16H,5,8-9,11-12H2,1-3H3,(H,18,20). The molecule has 1 N–H and O–H groups in total. The smallest absolute Gasteiger partial charge is 0.234 e. The first-order chi connectivity index (χ1) is 10.1. The highest BCUT2D eigenvalue weighted by Gasteiger charge is 2.27. The predicted molar refractivity (Wildman–Crippen MR) is 84.4 cm³/mol. The molecule has 4 nitrogen and oxygen atoms in total. The van der Waals surface area contributed by atoms with Gasteiger partial charge in [-0.25, -0.2) is 0 Å². The molecule has 4 heteroatoms. The van der Waals surface area contributed by atoms with Crippen molar-refractivity contribution in [3.8, 4) is 5.75 Å². The van der Waals surface area contributed by atoms with Crippen molar-refractivity contribution in [2.75, 3.05) is 26.7 Å².